The van der Waals surface area contributed by atoms with E-state index in [9.17, 15) is 18.0 Å². The van der Waals surface area contributed by atoms with Crippen LogP contribution in [0, 0.1) is 0 Å². The lowest BCUT2D eigenvalue weighted by Gasteiger charge is -2.11. The summed E-state index contributed by atoms with van der Waals surface area (Å²) in [6.45, 7) is 0.113. The summed E-state index contributed by atoms with van der Waals surface area (Å²) in [4.78, 5) is 13.5. The summed E-state index contributed by atoms with van der Waals surface area (Å²) in [5, 5.41) is 14.6. The molecule has 0 radical (unpaired) electrons. The first kappa shape index (κ1) is 22.5. The van der Waals surface area contributed by atoms with E-state index >= 15 is 0 Å². The predicted molar refractivity (Wildman–Crippen MR) is 118 cm³/mol. The number of rotatable bonds is 7. The maximum atomic E-state index is 12.8. The molecule has 0 saturated heterocycles. The van der Waals surface area contributed by atoms with Gasteiger partial charge in [-0.25, -0.2) is 0 Å². The zero-order chi connectivity index (χ0) is 23.3. The minimum absolute atomic E-state index is 0.113. The Morgan fingerprint density at radius 2 is 1.64 bits per heavy atom. The second-order valence-electron chi connectivity index (χ2n) is 7.00. The van der Waals surface area contributed by atoms with E-state index in [0.717, 1.165) is 22.7 Å². The molecule has 0 unspecified atom stereocenters. The van der Waals surface area contributed by atoms with Gasteiger partial charge < -0.3 is 5.32 Å². The van der Waals surface area contributed by atoms with E-state index in [0.29, 0.717) is 22.7 Å². The third-order valence-electron chi connectivity index (χ3n) is 4.76. The molecule has 0 atom stereocenters. The second-order valence-corrected chi connectivity index (χ2v) is 8.02. The molecule has 168 valence electrons. The highest BCUT2D eigenvalue weighted by Gasteiger charge is 2.29. The number of benzene rings is 3. The molecule has 4 rings (SSSR count). The van der Waals surface area contributed by atoms with Gasteiger partial charge in [0.25, 0.3) is 5.91 Å². The first-order chi connectivity index (χ1) is 15.9. The third kappa shape index (κ3) is 5.58. The largest absolute Gasteiger partial charge is 0.416 e. The Kier molecular flexibility index (Phi) is 6.74. The Bertz CT molecular complexity index is 1230. The van der Waals surface area contributed by atoms with Gasteiger partial charge in [0.05, 0.1) is 22.6 Å². The molecular weight excluding hydrogens is 451 g/mol. The lowest BCUT2D eigenvalue weighted by molar-refractivity contribution is -0.137. The molecule has 3 aromatic carbocycles. The SMILES string of the molecule is O=C(NCc1ccc(C(F)(F)F)cc1)c1ccccc1SCc1nnnn1-c1ccccc1. The van der Waals surface area contributed by atoms with Crippen LogP contribution in [0.4, 0.5) is 13.2 Å². The fourth-order valence-corrected chi connectivity index (χ4v) is 4.03. The van der Waals surface area contributed by atoms with Gasteiger partial charge in [-0.2, -0.15) is 17.9 Å². The molecule has 0 bridgehead atoms. The summed E-state index contributed by atoms with van der Waals surface area (Å²) >= 11 is 1.42. The van der Waals surface area contributed by atoms with Crippen LogP contribution < -0.4 is 5.32 Å². The maximum Gasteiger partial charge on any atom is 0.416 e. The molecule has 0 aliphatic heterocycles. The van der Waals surface area contributed by atoms with Crippen molar-refractivity contribution >= 4 is 17.7 Å². The maximum absolute atomic E-state index is 12.8. The minimum atomic E-state index is -4.39. The van der Waals surface area contributed by atoms with Crippen molar-refractivity contribution in [1.82, 2.24) is 25.5 Å². The molecule has 1 N–H and O–H groups in total. The number of nitrogens with zero attached hydrogens (tertiary/aromatic N) is 4. The van der Waals surface area contributed by atoms with E-state index < -0.39 is 11.7 Å². The van der Waals surface area contributed by atoms with Crippen molar-refractivity contribution in [3.8, 4) is 5.69 Å². The number of alkyl halides is 3. The van der Waals surface area contributed by atoms with Gasteiger partial charge in [-0.05, 0) is 52.4 Å². The van der Waals surface area contributed by atoms with E-state index in [2.05, 4.69) is 20.8 Å². The Hall–Kier alpha value is -3.66. The van der Waals surface area contributed by atoms with Crippen LogP contribution in [0.1, 0.15) is 27.3 Å². The van der Waals surface area contributed by atoms with Gasteiger partial charge in [0, 0.05) is 11.4 Å². The van der Waals surface area contributed by atoms with Crippen LogP contribution in [0.2, 0.25) is 0 Å². The molecular formula is C23H18F3N5OS. The molecule has 0 aliphatic rings. The van der Waals surface area contributed by atoms with Gasteiger partial charge in [0.1, 0.15) is 0 Å². The number of tetrazole rings is 1. The van der Waals surface area contributed by atoms with Gasteiger partial charge in [-0.15, -0.1) is 16.9 Å². The number of hydrogen-bond acceptors (Lipinski definition) is 5. The lowest BCUT2D eigenvalue weighted by atomic mass is 10.1. The van der Waals surface area contributed by atoms with Crippen LogP contribution in [0.15, 0.2) is 83.8 Å². The van der Waals surface area contributed by atoms with Crippen LogP contribution >= 0.6 is 11.8 Å². The summed E-state index contributed by atoms with van der Waals surface area (Å²) in [6.07, 6.45) is -4.39. The van der Waals surface area contributed by atoms with Crippen molar-refractivity contribution in [1.29, 1.82) is 0 Å². The number of carbonyl (C=O) groups excluding carboxylic acids is 1. The van der Waals surface area contributed by atoms with Gasteiger partial charge >= 0.3 is 6.18 Å². The van der Waals surface area contributed by atoms with Gasteiger partial charge in [-0.3, -0.25) is 4.79 Å². The van der Waals surface area contributed by atoms with Crippen LogP contribution in [0.5, 0.6) is 0 Å². The number of amides is 1. The first-order valence-corrected chi connectivity index (χ1v) is 10.9. The van der Waals surface area contributed by atoms with E-state index in [1.165, 1.54) is 23.9 Å². The summed E-state index contributed by atoms with van der Waals surface area (Å²) < 4.78 is 39.8. The Morgan fingerprint density at radius 1 is 0.939 bits per heavy atom. The summed E-state index contributed by atoms with van der Waals surface area (Å²) in [5.41, 5.74) is 1.15. The summed E-state index contributed by atoms with van der Waals surface area (Å²) in [7, 11) is 0. The molecule has 33 heavy (non-hydrogen) atoms. The highest BCUT2D eigenvalue weighted by Crippen LogP contribution is 2.29. The molecule has 0 fully saturated rings. The Morgan fingerprint density at radius 3 is 2.36 bits per heavy atom. The number of thioether (sulfide) groups is 1. The van der Waals surface area contributed by atoms with E-state index in [-0.39, 0.29) is 12.5 Å². The molecule has 0 aliphatic carbocycles. The van der Waals surface area contributed by atoms with Crippen molar-refractivity contribution in [3.05, 3.63) is 101 Å². The lowest BCUT2D eigenvalue weighted by Crippen LogP contribution is -2.23. The van der Waals surface area contributed by atoms with E-state index in [1.54, 1.807) is 16.8 Å². The van der Waals surface area contributed by atoms with Crippen molar-refractivity contribution in [3.63, 3.8) is 0 Å². The van der Waals surface area contributed by atoms with Crippen molar-refractivity contribution < 1.29 is 18.0 Å². The average Bonchev–Trinajstić information content (AvgIpc) is 3.30. The summed E-state index contributed by atoms with van der Waals surface area (Å²) in [5.74, 6) is 0.747. The fourth-order valence-electron chi connectivity index (χ4n) is 3.08. The first-order valence-electron chi connectivity index (χ1n) is 9.90. The minimum Gasteiger partial charge on any atom is -0.348 e. The predicted octanol–water partition coefficient (Wildman–Crippen LogP) is 4.90. The van der Waals surface area contributed by atoms with Crippen LogP contribution in [-0.4, -0.2) is 26.1 Å². The molecule has 4 aromatic rings. The van der Waals surface area contributed by atoms with E-state index in [4.69, 9.17) is 0 Å². The highest BCUT2D eigenvalue weighted by atomic mass is 32.2. The Labute approximate surface area is 191 Å². The van der Waals surface area contributed by atoms with Crippen LogP contribution in [0.3, 0.4) is 0 Å². The number of carbonyl (C=O) groups is 1. The fraction of sp³-hybridized carbons (Fsp3) is 0.130. The number of hydrogen-bond donors (Lipinski definition) is 1. The molecule has 1 aromatic heterocycles. The van der Waals surface area contributed by atoms with Gasteiger partial charge in [0.15, 0.2) is 5.82 Å². The number of para-hydroxylation sites is 1. The van der Waals surface area contributed by atoms with E-state index in [1.807, 2.05) is 42.5 Å². The van der Waals surface area contributed by atoms with Gasteiger partial charge in [0.2, 0.25) is 0 Å². The highest BCUT2D eigenvalue weighted by molar-refractivity contribution is 7.98. The standard InChI is InChI=1S/C23H18F3N5OS/c24-23(25,26)17-12-10-16(11-13-17)14-27-22(32)19-8-4-5-9-20(19)33-15-21-28-29-30-31(21)18-6-2-1-3-7-18/h1-13H,14-15H2,(H,27,32). The second kappa shape index (κ2) is 9.86. The molecule has 10 heteroatoms. The van der Waals surface area contributed by atoms with Crippen molar-refractivity contribution in [2.45, 2.75) is 23.4 Å². The molecule has 0 saturated carbocycles. The summed E-state index contributed by atoms with van der Waals surface area (Å²) in [6, 6.07) is 21.3. The smallest absolute Gasteiger partial charge is 0.348 e. The Balaban J connectivity index is 1.42. The molecule has 0 spiro atoms. The normalized spacial score (nSPS) is 11.4. The van der Waals surface area contributed by atoms with Crippen LogP contribution in [0.25, 0.3) is 5.69 Å². The quantitative estimate of drug-likeness (QED) is 0.390. The zero-order valence-corrected chi connectivity index (χ0v) is 18.0. The molecule has 1 heterocycles. The topological polar surface area (TPSA) is 72.7 Å². The number of halogens is 3. The average molecular weight is 469 g/mol. The van der Waals surface area contributed by atoms with Crippen molar-refractivity contribution in [2.75, 3.05) is 0 Å². The number of aromatic nitrogens is 4. The third-order valence-corrected chi connectivity index (χ3v) is 5.83. The van der Waals surface area contributed by atoms with Crippen LogP contribution in [-0.2, 0) is 18.5 Å². The molecule has 1 amide bonds. The zero-order valence-electron chi connectivity index (χ0n) is 17.2. The van der Waals surface area contributed by atoms with Gasteiger partial charge in [-0.1, -0.05) is 42.5 Å². The number of nitrogens with one attached hydrogen (secondary N) is 1. The monoisotopic (exact) mass is 469 g/mol. The molecule has 6 nitrogen and oxygen atoms in total. The van der Waals surface area contributed by atoms with Crippen molar-refractivity contribution in [2.24, 2.45) is 0 Å².